The largest absolute Gasteiger partial charge is 0.497 e. The van der Waals surface area contributed by atoms with Gasteiger partial charge in [-0.05, 0) is 66.2 Å². The Morgan fingerprint density at radius 2 is 1.88 bits per heavy atom. The molecule has 0 radical (unpaired) electrons. The number of amides is 2. The molecule has 3 aromatic rings. The monoisotopic (exact) mass is 469 g/mol. The number of aliphatic hydroxyl groups excluding tert-OH is 1. The first kappa shape index (κ1) is 22.0. The molecule has 32 heavy (non-hydrogen) atoms. The van der Waals surface area contributed by atoms with Gasteiger partial charge >= 0.3 is 0 Å². The number of anilines is 1. The van der Waals surface area contributed by atoms with E-state index in [1.165, 1.54) is 0 Å². The van der Waals surface area contributed by atoms with E-state index >= 15 is 0 Å². The van der Waals surface area contributed by atoms with Gasteiger partial charge in [0.2, 0.25) is 12.3 Å². The predicted octanol–water partition coefficient (Wildman–Crippen LogP) is 3.82. The van der Waals surface area contributed by atoms with Crippen LogP contribution in [0.4, 0.5) is 5.69 Å². The lowest BCUT2D eigenvalue weighted by atomic mass is 10.2. The summed E-state index contributed by atoms with van der Waals surface area (Å²) >= 11 is 7.38. The molecule has 4 rings (SSSR count). The molecule has 0 spiro atoms. The zero-order valence-electron chi connectivity index (χ0n) is 17.1. The third kappa shape index (κ3) is 4.99. The van der Waals surface area contributed by atoms with Crippen LogP contribution < -0.4 is 10.1 Å². The van der Waals surface area contributed by atoms with E-state index in [2.05, 4.69) is 10.3 Å². The van der Waals surface area contributed by atoms with Crippen molar-refractivity contribution >= 4 is 46.2 Å². The number of nitrogens with one attached hydrogen (secondary N) is 1. The van der Waals surface area contributed by atoms with E-state index in [4.69, 9.17) is 16.3 Å². The Morgan fingerprint density at radius 3 is 2.56 bits per heavy atom. The molecular formula is C23H20ClN3O4S. The highest BCUT2D eigenvalue weighted by molar-refractivity contribution is 7.15. The summed E-state index contributed by atoms with van der Waals surface area (Å²) in [6, 6.07) is 18.2. The van der Waals surface area contributed by atoms with Crippen molar-refractivity contribution in [1.29, 1.82) is 0 Å². The number of aliphatic hydroxyl groups is 1. The van der Waals surface area contributed by atoms with Crippen LogP contribution in [0.25, 0.3) is 10.4 Å². The summed E-state index contributed by atoms with van der Waals surface area (Å²) in [5.41, 5.74) is 1.81. The van der Waals surface area contributed by atoms with E-state index in [9.17, 15) is 14.7 Å². The summed E-state index contributed by atoms with van der Waals surface area (Å²) in [4.78, 5) is 32.1. The standard InChI is InChI=1S/C23H20ClN3O4S/c1-31-17-8-2-14(3-9-17)20-11-10-18(32-20)12-19-22(29)27(23(30)26-19)13-21(28)25-16-6-4-15(24)5-7-16/h2-11,23,30H,12-13H2,1H3,(H,25,28). The molecule has 2 N–H and O–H groups in total. The SMILES string of the molecule is COc1ccc(-c2ccc(CC3=NC(O)N(CC(=O)Nc4ccc(Cl)cc4)C3=O)s2)cc1. The topological polar surface area (TPSA) is 91.2 Å². The molecule has 0 fully saturated rings. The van der Waals surface area contributed by atoms with Crippen LogP contribution in [-0.4, -0.2) is 47.5 Å². The van der Waals surface area contributed by atoms with E-state index in [0.29, 0.717) is 10.7 Å². The summed E-state index contributed by atoms with van der Waals surface area (Å²) < 4.78 is 5.18. The van der Waals surface area contributed by atoms with Crippen molar-refractivity contribution in [3.8, 4) is 16.2 Å². The number of thiophene rings is 1. The number of methoxy groups -OCH3 is 1. The van der Waals surface area contributed by atoms with Gasteiger partial charge in [0.1, 0.15) is 18.0 Å². The zero-order valence-corrected chi connectivity index (χ0v) is 18.7. The molecule has 1 atom stereocenters. The molecule has 0 bridgehead atoms. The quantitative estimate of drug-likeness (QED) is 0.550. The second kappa shape index (κ2) is 9.52. The van der Waals surface area contributed by atoms with Crippen LogP contribution in [0.5, 0.6) is 5.75 Å². The Kier molecular flexibility index (Phi) is 6.55. The first-order chi connectivity index (χ1) is 15.4. The van der Waals surface area contributed by atoms with Crippen molar-refractivity contribution < 1.29 is 19.4 Å². The fourth-order valence-corrected chi connectivity index (χ4v) is 4.39. The Bertz CT molecular complexity index is 1160. The number of nitrogens with zero attached hydrogens (tertiary/aromatic N) is 2. The van der Waals surface area contributed by atoms with E-state index < -0.39 is 18.2 Å². The van der Waals surface area contributed by atoms with Gasteiger partial charge in [0.15, 0.2) is 0 Å². The molecule has 0 aliphatic carbocycles. The van der Waals surface area contributed by atoms with Crippen LogP contribution in [0.3, 0.4) is 0 Å². The number of carbonyl (C=O) groups is 2. The molecule has 9 heteroatoms. The number of aliphatic imine (C=N–C) groups is 1. The minimum Gasteiger partial charge on any atom is -0.497 e. The predicted molar refractivity (Wildman–Crippen MR) is 125 cm³/mol. The Labute approximate surface area is 193 Å². The Morgan fingerprint density at radius 1 is 1.16 bits per heavy atom. The van der Waals surface area contributed by atoms with E-state index in [1.54, 1.807) is 42.7 Å². The number of benzene rings is 2. The van der Waals surface area contributed by atoms with Crippen LogP contribution in [-0.2, 0) is 16.0 Å². The van der Waals surface area contributed by atoms with Crippen LogP contribution in [0.15, 0.2) is 65.7 Å². The van der Waals surface area contributed by atoms with Crippen LogP contribution in [0, 0.1) is 0 Å². The van der Waals surface area contributed by atoms with Gasteiger partial charge in [-0.15, -0.1) is 11.3 Å². The fourth-order valence-electron chi connectivity index (χ4n) is 3.25. The molecule has 0 saturated heterocycles. The van der Waals surface area contributed by atoms with Gasteiger partial charge in [-0.3, -0.25) is 14.5 Å². The summed E-state index contributed by atoms with van der Waals surface area (Å²) in [5, 5.41) is 13.4. The molecule has 164 valence electrons. The molecule has 2 amide bonds. The van der Waals surface area contributed by atoms with Crippen molar-refractivity contribution in [2.75, 3.05) is 19.0 Å². The molecule has 1 aliphatic rings. The summed E-state index contributed by atoms with van der Waals surface area (Å²) in [5.74, 6) is -0.108. The fraction of sp³-hybridized carbons (Fsp3) is 0.174. The molecular weight excluding hydrogens is 450 g/mol. The highest BCUT2D eigenvalue weighted by Gasteiger charge is 2.34. The number of hydrogen-bond donors (Lipinski definition) is 2. The van der Waals surface area contributed by atoms with Crippen LogP contribution in [0.1, 0.15) is 4.88 Å². The maximum Gasteiger partial charge on any atom is 0.272 e. The highest BCUT2D eigenvalue weighted by atomic mass is 35.5. The van der Waals surface area contributed by atoms with Gasteiger partial charge in [0, 0.05) is 26.9 Å². The first-order valence-electron chi connectivity index (χ1n) is 9.77. The van der Waals surface area contributed by atoms with Crippen molar-refractivity contribution in [3.63, 3.8) is 0 Å². The molecule has 2 aromatic carbocycles. The van der Waals surface area contributed by atoms with E-state index in [-0.39, 0.29) is 18.7 Å². The zero-order chi connectivity index (χ0) is 22.7. The molecule has 7 nitrogen and oxygen atoms in total. The number of hydrogen-bond acceptors (Lipinski definition) is 6. The van der Waals surface area contributed by atoms with Gasteiger partial charge in [0.05, 0.1) is 7.11 Å². The third-order valence-corrected chi connectivity index (χ3v) is 6.26. The average molecular weight is 470 g/mol. The normalized spacial score (nSPS) is 15.6. The number of ether oxygens (including phenoxy) is 1. The van der Waals surface area contributed by atoms with Gasteiger partial charge in [0.25, 0.3) is 5.91 Å². The average Bonchev–Trinajstić information content (AvgIpc) is 3.36. The lowest BCUT2D eigenvalue weighted by Gasteiger charge is -2.18. The van der Waals surface area contributed by atoms with E-state index in [0.717, 1.165) is 26.0 Å². The summed E-state index contributed by atoms with van der Waals surface area (Å²) in [7, 11) is 1.62. The summed E-state index contributed by atoms with van der Waals surface area (Å²) in [6.07, 6.45) is -1.10. The van der Waals surface area contributed by atoms with Crippen molar-refractivity contribution in [3.05, 3.63) is 70.6 Å². The third-order valence-electron chi connectivity index (χ3n) is 4.88. The van der Waals surface area contributed by atoms with Crippen molar-refractivity contribution in [2.45, 2.75) is 12.8 Å². The van der Waals surface area contributed by atoms with Gasteiger partial charge in [-0.1, -0.05) is 11.6 Å². The van der Waals surface area contributed by atoms with Crippen molar-refractivity contribution in [2.24, 2.45) is 4.99 Å². The Balaban J connectivity index is 1.37. The lowest BCUT2D eigenvalue weighted by molar-refractivity contribution is -0.135. The smallest absolute Gasteiger partial charge is 0.272 e. The number of halogens is 1. The second-order valence-corrected chi connectivity index (χ2v) is 8.69. The maximum absolute atomic E-state index is 12.7. The van der Waals surface area contributed by atoms with Gasteiger partial charge in [-0.25, -0.2) is 4.99 Å². The Hall–Kier alpha value is -3.20. The first-order valence-corrected chi connectivity index (χ1v) is 11.0. The van der Waals surface area contributed by atoms with Crippen molar-refractivity contribution in [1.82, 2.24) is 4.90 Å². The molecule has 0 saturated carbocycles. The minimum absolute atomic E-state index is 0.222. The summed E-state index contributed by atoms with van der Waals surface area (Å²) in [6.45, 7) is -0.308. The van der Waals surface area contributed by atoms with Gasteiger partial charge < -0.3 is 15.2 Å². The van der Waals surface area contributed by atoms with Gasteiger partial charge in [-0.2, -0.15) is 0 Å². The molecule has 1 aromatic heterocycles. The number of rotatable bonds is 7. The lowest BCUT2D eigenvalue weighted by Crippen LogP contribution is -2.41. The molecule has 1 unspecified atom stereocenters. The number of carbonyl (C=O) groups excluding carboxylic acids is 2. The highest BCUT2D eigenvalue weighted by Crippen LogP contribution is 2.30. The second-order valence-electron chi connectivity index (χ2n) is 7.08. The van der Waals surface area contributed by atoms with E-state index in [1.807, 2.05) is 36.4 Å². The van der Waals surface area contributed by atoms with Crippen LogP contribution in [0.2, 0.25) is 5.02 Å². The molecule has 2 heterocycles. The maximum atomic E-state index is 12.7. The van der Waals surface area contributed by atoms with Crippen LogP contribution >= 0.6 is 22.9 Å². The minimum atomic E-state index is -1.38. The molecule has 1 aliphatic heterocycles.